The van der Waals surface area contributed by atoms with Gasteiger partial charge in [0.1, 0.15) is 11.8 Å². The van der Waals surface area contributed by atoms with Crippen molar-refractivity contribution in [3.63, 3.8) is 0 Å². The molecule has 94 valence electrons. The maximum absolute atomic E-state index is 9.24. The molecule has 19 heavy (non-hydrogen) atoms. The second-order valence-electron chi connectivity index (χ2n) is 4.12. The van der Waals surface area contributed by atoms with Gasteiger partial charge in [0.15, 0.2) is 0 Å². The van der Waals surface area contributed by atoms with Crippen LogP contribution in [-0.2, 0) is 0 Å². The van der Waals surface area contributed by atoms with E-state index in [0.29, 0.717) is 5.02 Å². The van der Waals surface area contributed by atoms with Gasteiger partial charge in [-0.1, -0.05) is 35.5 Å². The molecule has 1 heterocycles. The molecule has 0 amide bonds. The summed E-state index contributed by atoms with van der Waals surface area (Å²) >= 11 is 6.84. The normalized spacial score (nSPS) is 26.6. The van der Waals surface area contributed by atoms with Crippen molar-refractivity contribution in [2.45, 2.75) is 5.92 Å². The van der Waals surface area contributed by atoms with Crippen LogP contribution in [0.25, 0.3) is 0 Å². The number of thioether (sulfide) groups is 1. The lowest BCUT2D eigenvalue weighted by Crippen LogP contribution is -2.34. The van der Waals surface area contributed by atoms with Crippen LogP contribution in [0.4, 0.5) is 0 Å². The molecule has 0 aliphatic carbocycles. The first kappa shape index (κ1) is 13.6. The third-order valence-corrected chi connectivity index (χ3v) is 4.20. The quantitative estimate of drug-likeness (QED) is 0.829. The van der Waals surface area contributed by atoms with Crippen LogP contribution < -0.4 is 0 Å². The maximum atomic E-state index is 9.24. The van der Waals surface area contributed by atoms with E-state index in [-0.39, 0.29) is 10.1 Å². The monoisotopic (exact) mass is 288 g/mol. The highest BCUT2D eigenvalue weighted by atomic mass is 35.5. The summed E-state index contributed by atoms with van der Waals surface area (Å²) in [6, 6.07) is 11.1. The highest BCUT2D eigenvalue weighted by Crippen LogP contribution is 2.42. The summed E-state index contributed by atoms with van der Waals surface area (Å²) in [7, 11) is 0. The topological polar surface area (TPSA) is 95.3 Å². The Hall–Kier alpha value is -1.82. The minimum Gasteiger partial charge on any atom is -0.297 e. The number of rotatable bonds is 1. The molecule has 2 unspecified atom stereocenters. The van der Waals surface area contributed by atoms with Crippen molar-refractivity contribution in [3.8, 4) is 12.1 Å². The molecule has 2 atom stereocenters. The molecule has 0 aromatic heterocycles. The lowest BCUT2D eigenvalue weighted by Gasteiger charge is -2.31. The van der Waals surface area contributed by atoms with Crippen molar-refractivity contribution in [1.82, 2.24) is 0 Å². The fourth-order valence-electron chi connectivity index (χ4n) is 2.14. The minimum absolute atomic E-state index is 0.115. The molecule has 2 rings (SSSR count). The number of hydrogen-bond donors (Lipinski definition) is 2. The van der Waals surface area contributed by atoms with Crippen molar-refractivity contribution in [3.05, 3.63) is 34.9 Å². The largest absolute Gasteiger partial charge is 0.297 e. The van der Waals surface area contributed by atoms with E-state index in [0.717, 1.165) is 17.3 Å². The van der Waals surface area contributed by atoms with E-state index < -0.39 is 17.8 Å². The van der Waals surface area contributed by atoms with Crippen molar-refractivity contribution in [2.75, 3.05) is 0 Å². The summed E-state index contributed by atoms with van der Waals surface area (Å²) < 4.78 is 0. The van der Waals surface area contributed by atoms with Gasteiger partial charge < -0.3 is 0 Å². The number of benzene rings is 1. The number of halogens is 1. The lowest BCUT2D eigenvalue weighted by atomic mass is 9.78. The number of hydrogen-bond acceptors (Lipinski definition) is 5. The van der Waals surface area contributed by atoms with Gasteiger partial charge in [-0.25, -0.2) is 0 Å². The Morgan fingerprint density at radius 1 is 1.11 bits per heavy atom. The van der Waals surface area contributed by atoms with E-state index in [1.54, 1.807) is 24.3 Å². The van der Waals surface area contributed by atoms with E-state index in [9.17, 15) is 10.5 Å². The van der Waals surface area contributed by atoms with E-state index in [2.05, 4.69) is 12.1 Å². The molecular weight excluding hydrogens is 280 g/mol. The van der Waals surface area contributed by atoms with E-state index in [1.165, 1.54) is 0 Å². The smallest absolute Gasteiger partial charge is 0.103 e. The third kappa shape index (κ3) is 2.49. The van der Waals surface area contributed by atoms with Gasteiger partial charge in [-0.05, 0) is 17.7 Å². The Morgan fingerprint density at radius 3 is 2.16 bits per heavy atom. The first-order valence-electron chi connectivity index (χ1n) is 5.48. The Kier molecular flexibility index (Phi) is 3.90. The lowest BCUT2D eigenvalue weighted by molar-refractivity contribution is 0.577. The Morgan fingerprint density at radius 2 is 1.68 bits per heavy atom. The molecule has 1 aromatic carbocycles. The fraction of sp³-hybridized carbons (Fsp3) is 0.231. The fourth-order valence-corrected chi connectivity index (χ4v) is 3.23. The van der Waals surface area contributed by atoms with Gasteiger partial charge in [0.2, 0.25) is 0 Å². The Labute approximate surface area is 120 Å². The van der Waals surface area contributed by atoms with Gasteiger partial charge in [0.25, 0.3) is 0 Å². The van der Waals surface area contributed by atoms with Crippen LogP contribution in [0.5, 0.6) is 0 Å². The zero-order chi connectivity index (χ0) is 14.0. The van der Waals surface area contributed by atoms with Crippen molar-refractivity contribution >= 4 is 33.5 Å². The van der Waals surface area contributed by atoms with Gasteiger partial charge in [0.05, 0.1) is 22.2 Å². The molecular formula is C13H9ClN4S. The van der Waals surface area contributed by atoms with Crippen LogP contribution in [0.15, 0.2) is 24.3 Å². The summed E-state index contributed by atoms with van der Waals surface area (Å²) in [4.78, 5) is 0. The highest BCUT2D eigenvalue weighted by Gasteiger charge is 2.42. The van der Waals surface area contributed by atoms with Crippen LogP contribution in [0.3, 0.4) is 0 Å². The molecule has 1 fully saturated rings. The molecule has 0 spiro atoms. The minimum atomic E-state index is -0.706. The number of nitrogens with one attached hydrogen (secondary N) is 2. The Bertz CT molecular complexity index is 596. The second kappa shape index (κ2) is 5.44. The first-order valence-corrected chi connectivity index (χ1v) is 6.67. The zero-order valence-electron chi connectivity index (χ0n) is 9.72. The molecule has 1 aliphatic rings. The van der Waals surface area contributed by atoms with Crippen LogP contribution in [0.2, 0.25) is 5.02 Å². The van der Waals surface area contributed by atoms with Gasteiger partial charge in [0, 0.05) is 10.9 Å². The van der Waals surface area contributed by atoms with Crippen molar-refractivity contribution < 1.29 is 0 Å². The molecule has 0 bridgehead atoms. The summed E-state index contributed by atoms with van der Waals surface area (Å²) in [6.45, 7) is 0. The second-order valence-corrected chi connectivity index (χ2v) is 5.65. The summed E-state index contributed by atoms with van der Waals surface area (Å²) in [5.74, 6) is -1.92. The highest BCUT2D eigenvalue weighted by molar-refractivity contribution is 8.26. The van der Waals surface area contributed by atoms with Crippen molar-refractivity contribution in [1.29, 1.82) is 21.3 Å². The molecule has 0 radical (unpaired) electrons. The van der Waals surface area contributed by atoms with Gasteiger partial charge in [-0.15, -0.1) is 0 Å². The summed E-state index contributed by atoms with van der Waals surface area (Å²) in [6.07, 6.45) is 0. The molecule has 6 heteroatoms. The van der Waals surface area contributed by atoms with E-state index >= 15 is 0 Å². The van der Waals surface area contributed by atoms with Gasteiger partial charge >= 0.3 is 0 Å². The standard InChI is InChI=1S/C13H9ClN4S/c14-8-3-1-2-7(4-8)11-9(5-15)12(17)19-13(18)10(11)6-16/h1-4,9-11,17-18H. The first-order chi connectivity index (χ1) is 9.08. The predicted molar refractivity (Wildman–Crippen MR) is 75.4 cm³/mol. The zero-order valence-corrected chi connectivity index (χ0v) is 11.3. The van der Waals surface area contributed by atoms with Crippen molar-refractivity contribution in [2.24, 2.45) is 11.8 Å². The molecule has 0 saturated carbocycles. The maximum Gasteiger partial charge on any atom is 0.103 e. The van der Waals surface area contributed by atoms with Crippen LogP contribution in [0.1, 0.15) is 11.5 Å². The Balaban J connectivity index is 2.53. The average Bonchev–Trinajstić information content (AvgIpc) is 2.38. The molecule has 4 nitrogen and oxygen atoms in total. The molecule has 1 saturated heterocycles. The van der Waals surface area contributed by atoms with Crippen LogP contribution in [0, 0.1) is 45.3 Å². The SMILES string of the molecule is N#CC1C(=N)SC(=N)C(C#N)C1c1cccc(Cl)c1. The van der Waals surface area contributed by atoms with E-state index in [4.69, 9.17) is 22.4 Å². The van der Waals surface area contributed by atoms with Gasteiger partial charge in [-0.2, -0.15) is 10.5 Å². The average molecular weight is 289 g/mol. The number of nitrogens with zero attached hydrogens (tertiary/aromatic N) is 2. The summed E-state index contributed by atoms with van der Waals surface area (Å²) in [5.41, 5.74) is 0.723. The van der Waals surface area contributed by atoms with Crippen LogP contribution >= 0.6 is 23.4 Å². The molecule has 1 aliphatic heterocycles. The van der Waals surface area contributed by atoms with Gasteiger partial charge in [-0.3, -0.25) is 10.8 Å². The van der Waals surface area contributed by atoms with Crippen LogP contribution in [-0.4, -0.2) is 10.1 Å². The van der Waals surface area contributed by atoms with E-state index in [1.807, 2.05) is 0 Å². The summed E-state index contributed by atoms with van der Waals surface area (Å²) in [5, 5.41) is 34.9. The molecule has 1 aromatic rings. The predicted octanol–water partition coefficient (Wildman–Crippen LogP) is 3.40. The third-order valence-electron chi connectivity index (χ3n) is 3.01. The molecule has 2 N–H and O–H groups in total. The number of nitriles is 2.